The highest BCUT2D eigenvalue weighted by atomic mass is 16.6. The molecule has 1 aromatic rings. The van der Waals surface area contributed by atoms with Gasteiger partial charge in [-0.05, 0) is 42.7 Å². The van der Waals surface area contributed by atoms with Crippen LogP contribution < -0.4 is 0 Å². The number of cyclic esters (lactones) is 1. The Labute approximate surface area is 197 Å². The molecule has 7 atom stereocenters. The van der Waals surface area contributed by atoms with E-state index in [-0.39, 0.29) is 41.9 Å². The standard InChI is InChI=1S/C28H36N2O3/c1-5-9-21-12-13-22(17-26(31)29(3)4)23-18-24(25-16-19(2)28(32)33-25)30(27(21)23)15-14-20-10-7-6-8-11-20/h5-8,10-15,19,21-25,27H,1,9,16-18H2,2-4H3/b15-14+/t19-,21+,22+,23+,24-,25-,27+/m0/s1. The number of carbonyl (C=O) groups excluding carboxylic acids is 2. The van der Waals surface area contributed by atoms with Crippen LogP contribution in [0.1, 0.15) is 38.2 Å². The van der Waals surface area contributed by atoms with Crippen LogP contribution in [0.5, 0.6) is 0 Å². The lowest BCUT2D eigenvalue weighted by Crippen LogP contribution is -2.45. The summed E-state index contributed by atoms with van der Waals surface area (Å²) in [4.78, 5) is 29.0. The Hall–Kier alpha value is -2.82. The molecule has 2 heterocycles. The maximum atomic E-state index is 12.6. The summed E-state index contributed by atoms with van der Waals surface area (Å²) in [5.74, 6) is 0.814. The van der Waals surface area contributed by atoms with E-state index < -0.39 is 0 Å². The van der Waals surface area contributed by atoms with Crippen molar-refractivity contribution in [2.75, 3.05) is 14.1 Å². The number of likely N-dealkylation sites (tertiary alicyclic amines) is 1. The Morgan fingerprint density at radius 3 is 2.55 bits per heavy atom. The molecule has 2 aliphatic heterocycles. The average Bonchev–Trinajstić information content (AvgIpc) is 3.35. The molecule has 1 aromatic carbocycles. The summed E-state index contributed by atoms with van der Waals surface area (Å²) in [5.41, 5.74) is 1.14. The second-order valence-corrected chi connectivity index (χ2v) is 9.97. The summed E-state index contributed by atoms with van der Waals surface area (Å²) >= 11 is 0. The van der Waals surface area contributed by atoms with Crippen LogP contribution in [-0.2, 0) is 14.3 Å². The summed E-state index contributed by atoms with van der Waals surface area (Å²) in [6.45, 7) is 5.95. The molecule has 33 heavy (non-hydrogen) atoms. The first-order valence-corrected chi connectivity index (χ1v) is 12.1. The maximum absolute atomic E-state index is 12.6. The zero-order chi connectivity index (χ0) is 23.5. The third kappa shape index (κ3) is 4.92. The second kappa shape index (κ2) is 9.98. The Kier molecular flexibility index (Phi) is 7.06. The first-order chi connectivity index (χ1) is 15.9. The first kappa shape index (κ1) is 23.3. The number of hydrogen-bond acceptors (Lipinski definition) is 4. The highest BCUT2D eigenvalue weighted by Gasteiger charge is 2.52. The number of hydrogen-bond donors (Lipinski definition) is 0. The third-order valence-electron chi connectivity index (χ3n) is 7.55. The molecule has 0 N–H and O–H groups in total. The molecule has 0 bridgehead atoms. The second-order valence-electron chi connectivity index (χ2n) is 9.97. The van der Waals surface area contributed by atoms with Crippen molar-refractivity contribution in [1.29, 1.82) is 0 Å². The topological polar surface area (TPSA) is 49.9 Å². The van der Waals surface area contributed by atoms with Crippen LogP contribution in [0.3, 0.4) is 0 Å². The molecule has 0 spiro atoms. The van der Waals surface area contributed by atoms with Crippen molar-refractivity contribution < 1.29 is 14.3 Å². The lowest BCUT2D eigenvalue weighted by Gasteiger charge is -2.40. The normalized spacial score (nSPS) is 33.2. The number of esters is 1. The van der Waals surface area contributed by atoms with Gasteiger partial charge in [0.1, 0.15) is 6.10 Å². The van der Waals surface area contributed by atoms with Crippen molar-refractivity contribution in [3.05, 3.63) is 66.9 Å². The fraction of sp³-hybridized carbons (Fsp3) is 0.500. The van der Waals surface area contributed by atoms with E-state index in [1.165, 1.54) is 0 Å². The molecule has 5 nitrogen and oxygen atoms in total. The molecule has 0 radical (unpaired) electrons. The van der Waals surface area contributed by atoms with Gasteiger partial charge in [-0.2, -0.15) is 0 Å². The lowest BCUT2D eigenvalue weighted by molar-refractivity contribution is -0.145. The average molecular weight is 449 g/mol. The van der Waals surface area contributed by atoms with Crippen LogP contribution in [-0.4, -0.2) is 54.0 Å². The zero-order valence-corrected chi connectivity index (χ0v) is 20.0. The van der Waals surface area contributed by atoms with Crippen molar-refractivity contribution >= 4 is 18.0 Å². The van der Waals surface area contributed by atoms with Crippen LogP contribution in [0.4, 0.5) is 0 Å². The van der Waals surface area contributed by atoms with Crippen LogP contribution in [0, 0.1) is 23.7 Å². The zero-order valence-electron chi connectivity index (χ0n) is 20.0. The van der Waals surface area contributed by atoms with Gasteiger partial charge in [0.05, 0.1) is 12.0 Å². The van der Waals surface area contributed by atoms with Crippen molar-refractivity contribution in [2.24, 2.45) is 23.7 Å². The number of carbonyl (C=O) groups is 2. The number of benzene rings is 1. The summed E-state index contributed by atoms with van der Waals surface area (Å²) in [6, 6.07) is 10.6. The summed E-state index contributed by atoms with van der Waals surface area (Å²) < 4.78 is 5.87. The summed E-state index contributed by atoms with van der Waals surface area (Å²) in [5, 5.41) is 0. The van der Waals surface area contributed by atoms with E-state index in [9.17, 15) is 9.59 Å². The van der Waals surface area contributed by atoms with E-state index in [1.807, 2.05) is 45.3 Å². The molecule has 5 heteroatoms. The lowest BCUT2D eigenvalue weighted by atomic mass is 9.72. The summed E-state index contributed by atoms with van der Waals surface area (Å²) in [6.07, 6.45) is 13.8. The number of allylic oxidation sites excluding steroid dienone is 2. The Morgan fingerprint density at radius 2 is 1.91 bits per heavy atom. The van der Waals surface area contributed by atoms with Gasteiger partial charge in [-0.15, -0.1) is 6.58 Å². The van der Waals surface area contributed by atoms with Crippen molar-refractivity contribution in [1.82, 2.24) is 9.80 Å². The van der Waals surface area contributed by atoms with Crippen molar-refractivity contribution in [2.45, 2.75) is 50.8 Å². The Morgan fingerprint density at radius 1 is 1.18 bits per heavy atom. The molecule has 2 saturated heterocycles. The molecule has 176 valence electrons. The van der Waals surface area contributed by atoms with E-state index in [4.69, 9.17) is 4.74 Å². The number of fused-ring (bicyclic) bond motifs is 1. The predicted molar refractivity (Wildman–Crippen MR) is 131 cm³/mol. The van der Waals surface area contributed by atoms with Gasteiger partial charge in [0.25, 0.3) is 0 Å². The SMILES string of the molecule is C=CC[C@@H]1C=C[C@H](CC(=O)N(C)C)[C@H]2C[C@@H]([C@@H]3C[C@H](C)C(=O)O3)N(/C=C/c3ccccc3)[C@@H]21. The first-order valence-electron chi connectivity index (χ1n) is 12.1. The molecule has 4 rings (SSSR count). The van der Waals surface area contributed by atoms with E-state index >= 15 is 0 Å². The third-order valence-corrected chi connectivity index (χ3v) is 7.55. The molecular formula is C28H36N2O3. The minimum atomic E-state index is -0.117. The predicted octanol–water partition coefficient (Wildman–Crippen LogP) is 4.52. The fourth-order valence-electron chi connectivity index (χ4n) is 5.79. The van der Waals surface area contributed by atoms with Gasteiger partial charge in [-0.1, -0.05) is 55.5 Å². The number of rotatable bonds is 7. The van der Waals surface area contributed by atoms with Gasteiger partial charge in [-0.25, -0.2) is 0 Å². The van der Waals surface area contributed by atoms with Crippen LogP contribution in [0.2, 0.25) is 0 Å². The largest absolute Gasteiger partial charge is 0.460 e. The molecule has 1 aliphatic carbocycles. The van der Waals surface area contributed by atoms with Crippen LogP contribution in [0.25, 0.3) is 6.08 Å². The van der Waals surface area contributed by atoms with Crippen LogP contribution >= 0.6 is 0 Å². The molecular weight excluding hydrogens is 412 g/mol. The van der Waals surface area contributed by atoms with E-state index in [0.717, 1.165) is 24.8 Å². The van der Waals surface area contributed by atoms with Crippen LogP contribution in [0.15, 0.2) is 61.3 Å². The minimum absolute atomic E-state index is 0.0641. The van der Waals surface area contributed by atoms with Gasteiger partial charge in [0.15, 0.2) is 0 Å². The van der Waals surface area contributed by atoms with Gasteiger partial charge < -0.3 is 14.5 Å². The Bertz CT molecular complexity index is 922. The maximum Gasteiger partial charge on any atom is 0.309 e. The molecule has 0 saturated carbocycles. The van der Waals surface area contributed by atoms with E-state index in [0.29, 0.717) is 18.3 Å². The highest BCUT2D eigenvalue weighted by molar-refractivity contribution is 5.76. The smallest absolute Gasteiger partial charge is 0.309 e. The number of nitrogens with zero attached hydrogens (tertiary/aromatic N) is 2. The van der Waals surface area contributed by atoms with Gasteiger partial charge >= 0.3 is 5.97 Å². The number of amides is 1. The van der Waals surface area contributed by atoms with Gasteiger partial charge in [-0.3, -0.25) is 9.59 Å². The molecule has 2 fully saturated rings. The van der Waals surface area contributed by atoms with Crippen molar-refractivity contribution in [3.63, 3.8) is 0 Å². The van der Waals surface area contributed by atoms with Gasteiger partial charge in [0, 0.05) is 38.7 Å². The molecule has 3 aliphatic rings. The molecule has 0 aromatic heterocycles. The monoisotopic (exact) mass is 448 g/mol. The number of ether oxygens (including phenoxy) is 1. The van der Waals surface area contributed by atoms with E-state index in [1.54, 1.807) is 4.90 Å². The minimum Gasteiger partial charge on any atom is -0.460 e. The quantitative estimate of drug-likeness (QED) is 0.454. The van der Waals surface area contributed by atoms with E-state index in [2.05, 4.69) is 48.0 Å². The highest BCUT2D eigenvalue weighted by Crippen LogP contribution is 2.47. The van der Waals surface area contributed by atoms with Gasteiger partial charge in [0.2, 0.25) is 5.91 Å². The fourth-order valence-corrected chi connectivity index (χ4v) is 5.79. The Balaban J connectivity index is 1.68. The van der Waals surface area contributed by atoms with Crippen molar-refractivity contribution in [3.8, 4) is 0 Å². The molecule has 1 amide bonds. The molecule has 0 unspecified atom stereocenters. The summed E-state index contributed by atoms with van der Waals surface area (Å²) in [7, 11) is 3.64.